The van der Waals surface area contributed by atoms with Gasteiger partial charge in [0.25, 0.3) is 0 Å². The summed E-state index contributed by atoms with van der Waals surface area (Å²) in [5, 5.41) is 10.2. The fourth-order valence-electron chi connectivity index (χ4n) is 3.92. The normalized spacial score (nSPS) is 23.4. The van der Waals surface area contributed by atoms with Crippen molar-refractivity contribution < 1.29 is 9.84 Å². The van der Waals surface area contributed by atoms with E-state index in [-0.39, 0.29) is 0 Å². The van der Waals surface area contributed by atoms with E-state index in [0.717, 1.165) is 13.0 Å². The summed E-state index contributed by atoms with van der Waals surface area (Å²) in [5.74, 6) is 0.458. The molecule has 21 heavy (non-hydrogen) atoms. The van der Waals surface area contributed by atoms with E-state index in [2.05, 4.69) is 20.8 Å². The summed E-state index contributed by atoms with van der Waals surface area (Å²) in [5.41, 5.74) is 0. The number of aliphatic hydroxyl groups excluding tert-OH is 1. The van der Waals surface area contributed by atoms with Crippen LogP contribution in [0.15, 0.2) is 0 Å². The van der Waals surface area contributed by atoms with Gasteiger partial charge in [-0.25, -0.2) is 0 Å². The molecule has 0 amide bonds. The Hall–Kier alpha value is 0.719. The molecule has 0 bridgehead atoms. The van der Waals surface area contributed by atoms with Gasteiger partial charge in [0, 0.05) is 0 Å². The van der Waals surface area contributed by atoms with Gasteiger partial charge in [-0.15, -0.1) is 0 Å². The molecule has 2 unspecified atom stereocenters. The molecule has 0 aromatic heterocycles. The topological polar surface area (TPSA) is 29.5 Å². The van der Waals surface area contributed by atoms with Crippen LogP contribution in [0.4, 0.5) is 0 Å². The van der Waals surface area contributed by atoms with Gasteiger partial charge in [0.2, 0.25) is 0 Å². The Morgan fingerprint density at radius 3 is 1.90 bits per heavy atom. The van der Waals surface area contributed by atoms with Crippen LogP contribution in [0.3, 0.4) is 0 Å². The van der Waals surface area contributed by atoms with E-state index >= 15 is 0 Å². The van der Waals surface area contributed by atoms with Crippen molar-refractivity contribution in [2.45, 2.75) is 96.2 Å². The molecule has 3 heteroatoms. The van der Waals surface area contributed by atoms with Crippen LogP contribution in [-0.4, -0.2) is 36.4 Å². The van der Waals surface area contributed by atoms with Crippen LogP contribution in [0.5, 0.6) is 0 Å². The van der Waals surface area contributed by atoms with E-state index in [4.69, 9.17) is 4.74 Å². The van der Waals surface area contributed by atoms with E-state index in [1.165, 1.54) is 49.4 Å². The molecule has 1 aliphatic heterocycles. The Morgan fingerprint density at radius 2 is 1.48 bits per heavy atom. The zero-order chi connectivity index (χ0) is 15.6. The summed E-state index contributed by atoms with van der Waals surface area (Å²) in [6.45, 7) is 7.75. The maximum atomic E-state index is 10.2. The first kappa shape index (κ1) is 19.8. The van der Waals surface area contributed by atoms with Crippen molar-refractivity contribution in [2.75, 3.05) is 6.61 Å². The third kappa shape index (κ3) is 7.22. The molecule has 1 aliphatic rings. The zero-order valence-electron chi connectivity index (χ0n) is 14.7. The molecule has 0 radical (unpaired) electrons. The molecule has 1 rings (SSSR count). The number of ether oxygens (including phenoxy) is 1. The molecule has 0 saturated carbocycles. The van der Waals surface area contributed by atoms with E-state index in [1.807, 2.05) is 0 Å². The molecule has 2 nitrogen and oxygen atoms in total. The summed E-state index contributed by atoms with van der Waals surface area (Å²) in [6.07, 6.45) is 10.2. The molecule has 0 aromatic rings. The van der Waals surface area contributed by atoms with Crippen molar-refractivity contribution in [2.24, 2.45) is 5.92 Å². The third-order valence-corrected chi connectivity index (χ3v) is 21.4. The van der Waals surface area contributed by atoms with E-state index in [0.29, 0.717) is 5.92 Å². The monoisotopic (exact) mass is 406 g/mol. The van der Waals surface area contributed by atoms with Crippen molar-refractivity contribution >= 4 is 18.4 Å². The molecule has 1 heterocycles. The molecule has 126 valence electrons. The van der Waals surface area contributed by atoms with E-state index in [9.17, 15) is 5.11 Å². The van der Waals surface area contributed by atoms with Crippen molar-refractivity contribution in [3.63, 3.8) is 0 Å². The Labute approximate surface area is 136 Å². The van der Waals surface area contributed by atoms with Gasteiger partial charge < -0.3 is 0 Å². The van der Waals surface area contributed by atoms with Crippen LogP contribution in [0.2, 0.25) is 17.7 Å². The summed E-state index contributed by atoms with van der Waals surface area (Å²) >= 11 is -2.09. The first-order valence-corrected chi connectivity index (χ1v) is 17.5. The minimum absolute atomic E-state index is 0.458. The number of rotatable bonds is 11. The molecule has 0 aromatic carbocycles. The quantitative estimate of drug-likeness (QED) is 0.455. The van der Waals surface area contributed by atoms with Gasteiger partial charge in [0.15, 0.2) is 0 Å². The number of hydrogen-bond donors (Lipinski definition) is 1. The fourth-order valence-corrected chi connectivity index (χ4v) is 21.6. The summed E-state index contributed by atoms with van der Waals surface area (Å²) in [7, 11) is 0. The molecule has 0 aliphatic carbocycles. The van der Waals surface area contributed by atoms with Gasteiger partial charge in [-0.05, 0) is 0 Å². The average Bonchev–Trinajstić information content (AvgIpc) is 2.51. The van der Waals surface area contributed by atoms with E-state index < -0.39 is 24.7 Å². The van der Waals surface area contributed by atoms with Crippen LogP contribution < -0.4 is 0 Å². The predicted octanol–water partition coefficient (Wildman–Crippen LogP) is 5.58. The van der Waals surface area contributed by atoms with Crippen LogP contribution in [0.1, 0.15) is 72.1 Å². The van der Waals surface area contributed by atoms with Crippen LogP contribution in [-0.2, 0) is 4.74 Å². The first-order chi connectivity index (χ1) is 10.2. The average molecular weight is 405 g/mol. The summed E-state index contributed by atoms with van der Waals surface area (Å²) in [6, 6.07) is 0. The predicted molar refractivity (Wildman–Crippen MR) is 94.4 cm³/mol. The molecule has 1 saturated heterocycles. The molecular formula is C18H38O2Sn. The van der Waals surface area contributed by atoms with Crippen molar-refractivity contribution in [1.29, 1.82) is 0 Å². The summed E-state index contributed by atoms with van der Waals surface area (Å²) in [4.78, 5) is 0. The minimum atomic E-state index is -2.09. The molecule has 1 fully saturated rings. The van der Waals surface area contributed by atoms with Gasteiger partial charge in [-0.3, -0.25) is 0 Å². The molecular weight excluding hydrogens is 367 g/mol. The molecule has 1 N–H and O–H groups in total. The standard InChI is InChI=1S/C6H11O2.3C4H9.Sn/c1-5-3-2-4-8-6(5)7;3*1-3-4-2;/h5-7H,1-4H2;3*1,3-4H2,2H3;. The molecule has 0 spiro atoms. The molecule has 2 atom stereocenters. The SMILES string of the molecule is CCC[CH2][Sn]([CH2]CCC)([CH2]CCC)[CH2]C1CCCOC1O. The van der Waals surface area contributed by atoms with Gasteiger partial charge in [0.1, 0.15) is 0 Å². The number of hydrogen-bond acceptors (Lipinski definition) is 2. The van der Waals surface area contributed by atoms with Crippen LogP contribution in [0, 0.1) is 5.92 Å². The van der Waals surface area contributed by atoms with Gasteiger partial charge in [-0.2, -0.15) is 0 Å². The van der Waals surface area contributed by atoms with Gasteiger partial charge in [-0.1, -0.05) is 0 Å². The van der Waals surface area contributed by atoms with E-state index in [1.54, 1.807) is 13.3 Å². The maximum absolute atomic E-state index is 10.2. The number of aliphatic hydroxyl groups is 1. The van der Waals surface area contributed by atoms with Crippen LogP contribution in [0.25, 0.3) is 0 Å². The van der Waals surface area contributed by atoms with Crippen LogP contribution >= 0.6 is 0 Å². The van der Waals surface area contributed by atoms with Gasteiger partial charge >= 0.3 is 137 Å². The first-order valence-electron chi connectivity index (χ1n) is 9.47. The van der Waals surface area contributed by atoms with Crippen molar-refractivity contribution in [3.05, 3.63) is 0 Å². The van der Waals surface area contributed by atoms with Crippen molar-refractivity contribution in [1.82, 2.24) is 0 Å². The Balaban J connectivity index is 2.73. The van der Waals surface area contributed by atoms with Gasteiger partial charge in [0.05, 0.1) is 0 Å². The Bertz CT molecular complexity index is 236. The fraction of sp³-hybridized carbons (Fsp3) is 1.00. The Morgan fingerprint density at radius 1 is 0.952 bits per heavy atom. The summed E-state index contributed by atoms with van der Waals surface area (Å²) < 4.78 is 11.6. The van der Waals surface area contributed by atoms with Crippen molar-refractivity contribution in [3.8, 4) is 0 Å². The number of unbranched alkanes of at least 4 members (excludes halogenated alkanes) is 3. The zero-order valence-corrected chi connectivity index (χ0v) is 17.6. The second-order valence-corrected chi connectivity index (χ2v) is 21.2. The Kier molecular flexibility index (Phi) is 10.6. The second kappa shape index (κ2) is 11.3. The third-order valence-electron chi connectivity index (χ3n) is 5.29. The second-order valence-electron chi connectivity index (χ2n) is 7.18.